The highest BCUT2D eigenvalue weighted by molar-refractivity contribution is 7.80. The second-order valence-electron chi connectivity index (χ2n) is 5.66. The topological polar surface area (TPSA) is 29.3 Å². The minimum absolute atomic E-state index is 0.125. The summed E-state index contributed by atoms with van der Waals surface area (Å²) in [5.74, 6) is 1.16. The van der Waals surface area contributed by atoms with Gasteiger partial charge in [0.05, 0.1) is 0 Å². The summed E-state index contributed by atoms with van der Waals surface area (Å²) in [5, 5.41) is 0. The Labute approximate surface area is 119 Å². The van der Waals surface area contributed by atoms with Crippen LogP contribution in [0.25, 0.3) is 0 Å². The predicted molar refractivity (Wildman–Crippen MR) is 80.5 cm³/mol. The lowest BCUT2D eigenvalue weighted by Gasteiger charge is -2.35. The van der Waals surface area contributed by atoms with Gasteiger partial charge in [0, 0.05) is 18.7 Å². The van der Waals surface area contributed by atoms with Gasteiger partial charge in [0.1, 0.15) is 10.8 Å². The molecular formula is C15H21FN2S. The van der Waals surface area contributed by atoms with E-state index in [9.17, 15) is 4.39 Å². The molecule has 0 aromatic heterocycles. The summed E-state index contributed by atoms with van der Waals surface area (Å²) in [5.41, 5.74) is 6.96. The third-order valence-corrected chi connectivity index (χ3v) is 4.34. The molecule has 2 atom stereocenters. The summed E-state index contributed by atoms with van der Waals surface area (Å²) in [6.07, 6.45) is 1.23. The van der Waals surface area contributed by atoms with Crippen LogP contribution in [-0.4, -0.2) is 23.0 Å². The first kappa shape index (κ1) is 14.4. The number of nitrogens with zero attached hydrogens (tertiary/aromatic N) is 1. The van der Waals surface area contributed by atoms with Crippen LogP contribution in [0.3, 0.4) is 0 Å². The molecule has 1 heterocycles. The molecule has 1 aromatic carbocycles. The molecule has 0 amide bonds. The molecule has 1 aromatic rings. The SMILES string of the molecule is CC1CCN(Cc2ccc(F)c(C(N)=S)c2)CC1C. The molecule has 2 nitrogen and oxygen atoms in total. The van der Waals surface area contributed by atoms with E-state index in [1.165, 1.54) is 12.5 Å². The van der Waals surface area contributed by atoms with Crippen molar-refractivity contribution in [1.29, 1.82) is 0 Å². The summed E-state index contributed by atoms with van der Waals surface area (Å²) in [4.78, 5) is 2.54. The fourth-order valence-electron chi connectivity index (χ4n) is 2.61. The van der Waals surface area contributed by atoms with E-state index in [-0.39, 0.29) is 10.8 Å². The zero-order valence-electron chi connectivity index (χ0n) is 11.5. The number of hydrogen-bond donors (Lipinski definition) is 1. The molecule has 1 aliphatic rings. The monoisotopic (exact) mass is 280 g/mol. The van der Waals surface area contributed by atoms with E-state index < -0.39 is 0 Å². The molecule has 2 unspecified atom stereocenters. The predicted octanol–water partition coefficient (Wildman–Crippen LogP) is 2.94. The van der Waals surface area contributed by atoms with Crippen molar-refractivity contribution >= 4 is 17.2 Å². The van der Waals surface area contributed by atoms with E-state index in [2.05, 4.69) is 18.7 Å². The molecule has 0 aliphatic carbocycles. The van der Waals surface area contributed by atoms with Gasteiger partial charge in [0.25, 0.3) is 0 Å². The van der Waals surface area contributed by atoms with Crippen LogP contribution in [0, 0.1) is 17.7 Å². The van der Waals surface area contributed by atoms with Crippen molar-refractivity contribution in [3.05, 3.63) is 35.1 Å². The van der Waals surface area contributed by atoms with Crippen molar-refractivity contribution in [3.63, 3.8) is 0 Å². The quantitative estimate of drug-likeness (QED) is 0.863. The number of rotatable bonds is 3. The van der Waals surface area contributed by atoms with Crippen molar-refractivity contribution in [2.45, 2.75) is 26.8 Å². The highest BCUT2D eigenvalue weighted by atomic mass is 32.1. The Morgan fingerprint density at radius 1 is 1.42 bits per heavy atom. The molecule has 0 spiro atoms. The molecule has 0 saturated carbocycles. The second kappa shape index (κ2) is 5.97. The third kappa shape index (κ3) is 3.51. The Hall–Kier alpha value is -1.00. The van der Waals surface area contributed by atoms with Crippen molar-refractivity contribution in [2.75, 3.05) is 13.1 Å². The van der Waals surface area contributed by atoms with Gasteiger partial charge in [-0.3, -0.25) is 4.90 Å². The number of halogens is 1. The number of nitrogens with two attached hydrogens (primary N) is 1. The molecule has 104 valence electrons. The fourth-order valence-corrected chi connectivity index (χ4v) is 2.77. The molecule has 1 aliphatic heterocycles. The molecule has 0 radical (unpaired) electrons. The number of thiocarbonyl (C=S) groups is 1. The van der Waals surface area contributed by atoms with Crippen molar-refractivity contribution in [3.8, 4) is 0 Å². The van der Waals surface area contributed by atoms with E-state index in [4.69, 9.17) is 18.0 Å². The van der Waals surface area contributed by atoms with E-state index in [1.807, 2.05) is 6.07 Å². The molecular weight excluding hydrogens is 259 g/mol. The molecule has 2 N–H and O–H groups in total. The van der Waals surface area contributed by atoms with Crippen LogP contribution in [-0.2, 0) is 6.54 Å². The number of hydrogen-bond acceptors (Lipinski definition) is 2. The zero-order chi connectivity index (χ0) is 14.0. The largest absolute Gasteiger partial charge is 0.389 e. The van der Waals surface area contributed by atoms with Crippen LogP contribution >= 0.6 is 12.2 Å². The van der Waals surface area contributed by atoms with Crippen LogP contribution in [0.2, 0.25) is 0 Å². The van der Waals surface area contributed by atoms with Crippen molar-refractivity contribution < 1.29 is 4.39 Å². The lowest BCUT2D eigenvalue weighted by atomic mass is 9.88. The summed E-state index contributed by atoms with van der Waals surface area (Å²) < 4.78 is 13.5. The van der Waals surface area contributed by atoms with Gasteiger partial charge in [-0.1, -0.05) is 32.1 Å². The molecule has 0 bridgehead atoms. The van der Waals surface area contributed by atoms with E-state index in [0.717, 1.165) is 31.1 Å². The van der Waals surface area contributed by atoms with Crippen molar-refractivity contribution in [2.24, 2.45) is 17.6 Å². The first-order valence-electron chi connectivity index (χ1n) is 6.78. The van der Waals surface area contributed by atoms with Crippen LogP contribution in [0.4, 0.5) is 4.39 Å². The van der Waals surface area contributed by atoms with E-state index in [0.29, 0.717) is 11.5 Å². The summed E-state index contributed by atoms with van der Waals surface area (Å²) >= 11 is 4.87. The Bertz CT molecular complexity index is 475. The first-order valence-corrected chi connectivity index (χ1v) is 7.18. The molecule has 1 fully saturated rings. The molecule has 1 saturated heterocycles. The number of piperidine rings is 1. The number of benzene rings is 1. The highest BCUT2D eigenvalue weighted by Gasteiger charge is 2.22. The summed E-state index contributed by atoms with van der Waals surface area (Å²) in [6, 6.07) is 5.06. The molecule has 4 heteroatoms. The van der Waals surface area contributed by atoms with Gasteiger partial charge in [-0.15, -0.1) is 0 Å². The van der Waals surface area contributed by atoms with Gasteiger partial charge in [-0.2, -0.15) is 0 Å². The van der Waals surface area contributed by atoms with Gasteiger partial charge in [0.15, 0.2) is 0 Å². The summed E-state index contributed by atoms with van der Waals surface area (Å²) in [7, 11) is 0. The Morgan fingerprint density at radius 2 is 2.16 bits per heavy atom. The van der Waals surface area contributed by atoms with Crippen LogP contribution < -0.4 is 5.73 Å². The maximum atomic E-state index is 13.5. The fraction of sp³-hybridized carbons (Fsp3) is 0.533. The average molecular weight is 280 g/mol. The maximum absolute atomic E-state index is 13.5. The lowest BCUT2D eigenvalue weighted by Crippen LogP contribution is -2.37. The Balaban J connectivity index is 2.07. The smallest absolute Gasteiger partial charge is 0.133 e. The van der Waals surface area contributed by atoms with E-state index in [1.54, 1.807) is 6.07 Å². The summed E-state index contributed by atoms with van der Waals surface area (Å²) in [6.45, 7) is 7.64. The lowest BCUT2D eigenvalue weighted by molar-refractivity contribution is 0.132. The van der Waals surface area contributed by atoms with Gasteiger partial charge >= 0.3 is 0 Å². The van der Waals surface area contributed by atoms with Crippen LogP contribution in [0.15, 0.2) is 18.2 Å². The van der Waals surface area contributed by atoms with E-state index >= 15 is 0 Å². The standard InChI is InChI=1S/C15H21FN2S/c1-10-5-6-18(8-11(10)2)9-12-3-4-14(16)13(7-12)15(17)19/h3-4,7,10-11H,5-6,8-9H2,1-2H3,(H2,17,19). The molecule has 2 rings (SSSR count). The van der Waals surface area contributed by atoms with Gasteiger partial charge in [-0.05, 0) is 42.5 Å². The Morgan fingerprint density at radius 3 is 2.79 bits per heavy atom. The minimum atomic E-state index is -0.336. The van der Waals surface area contributed by atoms with Gasteiger partial charge in [0.2, 0.25) is 0 Å². The minimum Gasteiger partial charge on any atom is -0.389 e. The Kier molecular flexibility index (Phi) is 4.53. The zero-order valence-corrected chi connectivity index (χ0v) is 12.3. The average Bonchev–Trinajstić information content (AvgIpc) is 2.36. The van der Waals surface area contributed by atoms with Gasteiger partial charge in [-0.25, -0.2) is 4.39 Å². The maximum Gasteiger partial charge on any atom is 0.133 e. The van der Waals surface area contributed by atoms with Crippen LogP contribution in [0.1, 0.15) is 31.4 Å². The van der Waals surface area contributed by atoms with Crippen molar-refractivity contribution in [1.82, 2.24) is 4.90 Å². The van der Waals surface area contributed by atoms with Gasteiger partial charge < -0.3 is 5.73 Å². The molecule has 19 heavy (non-hydrogen) atoms. The highest BCUT2D eigenvalue weighted by Crippen LogP contribution is 2.24. The second-order valence-corrected chi connectivity index (χ2v) is 6.10. The first-order chi connectivity index (χ1) is 8.97. The normalized spacial score (nSPS) is 24.4. The van der Waals surface area contributed by atoms with Crippen LogP contribution in [0.5, 0.6) is 0 Å². The number of likely N-dealkylation sites (tertiary alicyclic amines) is 1. The third-order valence-electron chi connectivity index (χ3n) is 4.12.